The molecule has 0 aliphatic heterocycles. The van der Waals surface area contributed by atoms with E-state index >= 15 is 0 Å². The SMILES string of the molecule is COc1ccc(CCNc2cnccc2N)cc1OC. The fraction of sp³-hybridized carbons (Fsp3) is 0.267. The molecule has 0 fully saturated rings. The third-order valence-electron chi connectivity index (χ3n) is 3.03. The van der Waals surface area contributed by atoms with Crippen LogP contribution in [-0.2, 0) is 6.42 Å². The Morgan fingerprint density at radius 1 is 1.15 bits per heavy atom. The molecule has 20 heavy (non-hydrogen) atoms. The average molecular weight is 273 g/mol. The number of benzene rings is 1. The van der Waals surface area contributed by atoms with E-state index in [-0.39, 0.29) is 0 Å². The Morgan fingerprint density at radius 2 is 1.95 bits per heavy atom. The second-order valence-electron chi connectivity index (χ2n) is 4.33. The number of nitrogens with zero attached hydrogens (tertiary/aromatic N) is 1. The van der Waals surface area contributed by atoms with Crippen LogP contribution < -0.4 is 20.5 Å². The fourth-order valence-electron chi connectivity index (χ4n) is 1.93. The van der Waals surface area contributed by atoms with Crippen LogP contribution >= 0.6 is 0 Å². The van der Waals surface area contributed by atoms with Crippen molar-refractivity contribution >= 4 is 11.4 Å². The summed E-state index contributed by atoms with van der Waals surface area (Å²) in [6.07, 6.45) is 4.26. The summed E-state index contributed by atoms with van der Waals surface area (Å²) in [5.41, 5.74) is 8.56. The maximum Gasteiger partial charge on any atom is 0.160 e. The molecule has 106 valence electrons. The standard InChI is InChI=1S/C15H19N3O2/c1-19-14-4-3-11(9-15(14)20-2)5-8-18-13-10-17-7-6-12(13)16/h3-4,6-7,9-10,18H,5,8H2,1-2H3,(H2,16,17). The van der Waals surface area contributed by atoms with Gasteiger partial charge in [-0.3, -0.25) is 4.98 Å². The second-order valence-corrected chi connectivity index (χ2v) is 4.33. The second kappa shape index (κ2) is 6.65. The quantitative estimate of drug-likeness (QED) is 0.845. The van der Waals surface area contributed by atoms with Crippen LogP contribution in [-0.4, -0.2) is 25.7 Å². The summed E-state index contributed by atoms with van der Waals surface area (Å²) < 4.78 is 10.5. The molecule has 3 N–H and O–H groups in total. The Hall–Kier alpha value is -2.43. The van der Waals surface area contributed by atoms with Gasteiger partial charge in [0.05, 0.1) is 31.8 Å². The summed E-state index contributed by atoms with van der Waals surface area (Å²) in [6, 6.07) is 7.69. The number of hydrogen-bond donors (Lipinski definition) is 2. The van der Waals surface area contributed by atoms with Gasteiger partial charge in [0.2, 0.25) is 0 Å². The van der Waals surface area contributed by atoms with E-state index in [2.05, 4.69) is 10.3 Å². The van der Waals surface area contributed by atoms with E-state index in [1.54, 1.807) is 32.7 Å². The van der Waals surface area contributed by atoms with Gasteiger partial charge in [-0.05, 0) is 30.2 Å². The zero-order valence-corrected chi connectivity index (χ0v) is 11.7. The number of aromatic nitrogens is 1. The predicted octanol–water partition coefficient (Wildman–Crippen LogP) is 2.34. The molecule has 0 atom stereocenters. The minimum absolute atomic E-state index is 0.701. The molecule has 0 unspecified atom stereocenters. The number of anilines is 2. The summed E-state index contributed by atoms with van der Waals surface area (Å²) in [5.74, 6) is 1.48. The van der Waals surface area contributed by atoms with E-state index in [9.17, 15) is 0 Å². The Kier molecular flexibility index (Phi) is 4.65. The Bertz CT molecular complexity index is 573. The Labute approximate surface area is 118 Å². The van der Waals surface area contributed by atoms with Crippen LogP contribution in [0.3, 0.4) is 0 Å². The zero-order chi connectivity index (χ0) is 14.4. The first-order valence-corrected chi connectivity index (χ1v) is 6.39. The van der Waals surface area contributed by atoms with Gasteiger partial charge in [-0.15, -0.1) is 0 Å². The van der Waals surface area contributed by atoms with E-state index in [1.165, 1.54) is 0 Å². The van der Waals surface area contributed by atoms with Gasteiger partial charge in [0.15, 0.2) is 11.5 Å². The highest BCUT2D eigenvalue weighted by Crippen LogP contribution is 2.27. The predicted molar refractivity (Wildman–Crippen MR) is 80.4 cm³/mol. The van der Waals surface area contributed by atoms with E-state index < -0.39 is 0 Å². The number of nitrogens with one attached hydrogen (secondary N) is 1. The topological polar surface area (TPSA) is 69.4 Å². The van der Waals surface area contributed by atoms with E-state index in [0.29, 0.717) is 5.69 Å². The van der Waals surface area contributed by atoms with Crippen LogP contribution in [0.25, 0.3) is 0 Å². The lowest BCUT2D eigenvalue weighted by Crippen LogP contribution is -2.07. The highest BCUT2D eigenvalue weighted by Gasteiger charge is 2.04. The molecule has 0 aliphatic rings. The number of nitrogen functional groups attached to an aromatic ring is 1. The first kappa shape index (κ1) is 14.0. The van der Waals surface area contributed by atoms with Crippen LogP contribution in [0.2, 0.25) is 0 Å². The minimum atomic E-state index is 0.701. The number of nitrogens with two attached hydrogens (primary N) is 1. The first-order valence-electron chi connectivity index (χ1n) is 6.39. The van der Waals surface area contributed by atoms with E-state index in [1.807, 2.05) is 18.2 Å². The maximum atomic E-state index is 5.84. The summed E-state index contributed by atoms with van der Waals surface area (Å²) in [7, 11) is 3.26. The van der Waals surface area contributed by atoms with Crippen molar-refractivity contribution in [2.75, 3.05) is 31.8 Å². The van der Waals surface area contributed by atoms with Gasteiger partial charge in [0.25, 0.3) is 0 Å². The van der Waals surface area contributed by atoms with Crippen molar-refractivity contribution in [3.05, 3.63) is 42.2 Å². The van der Waals surface area contributed by atoms with Crippen molar-refractivity contribution < 1.29 is 9.47 Å². The molecule has 0 spiro atoms. The highest BCUT2D eigenvalue weighted by atomic mass is 16.5. The van der Waals surface area contributed by atoms with Gasteiger partial charge in [-0.2, -0.15) is 0 Å². The molecule has 1 heterocycles. The van der Waals surface area contributed by atoms with Crippen molar-refractivity contribution in [2.45, 2.75) is 6.42 Å². The van der Waals surface area contributed by atoms with Crippen molar-refractivity contribution in [3.8, 4) is 11.5 Å². The van der Waals surface area contributed by atoms with Crippen LogP contribution in [0, 0.1) is 0 Å². The van der Waals surface area contributed by atoms with Gasteiger partial charge in [0, 0.05) is 12.7 Å². The van der Waals surface area contributed by atoms with Crippen LogP contribution in [0.5, 0.6) is 11.5 Å². The van der Waals surface area contributed by atoms with Gasteiger partial charge in [0.1, 0.15) is 0 Å². The summed E-state index contributed by atoms with van der Waals surface area (Å²) >= 11 is 0. The summed E-state index contributed by atoms with van der Waals surface area (Å²) in [6.45, 7) is 0.769. The number of pyridine rings is 1. The van der Waals surface area contributed by atoms with Crippen molar-refractivity contribution in [1.82, 2.24) is 4.98 Å². The van der Waals surface area contributed by atoms with Crippen molar-refractivity contribution in [3.63, 3.8) is 0 Å². The van der Waals surface area contributed by atoms with Gasteiger partial charge in [-0.25, -0.2) is 0 Å². The highest BCUT2D eigenvalue weighted by molar-refractivity contribution is 5.64. The van der Waals surface area contributed by atoms with Crippen molar-refractivity contribution in [2.24, 2.45) is 0 Å². The van der Waals surface area contributed by atoms with E-state index in [4.69, 9.17) is 15.2 Å². The van der Waals surface area contributed by atoms with Crippen LogP contribution in [0.4, 0.5) is 11.4 Å². The third kappa shape index (κ3) is 3.32. The molecule has 0 saturated heterocycles. The molecule has 2 rings (SSSR count). The molecule has 0 aliphatic carbocycles. The average Bonchev–Trinajstić information content (AvgIpc) is 2.49. The summed E-state index contributed by atoms with van der Waals surface area (Å²) in [4.78, 5) is 4.04. The number of ether oxygens (including phenoxy) is 2. The molecule has 0 radical (unpaired) electrons. The van der Waals surface area contributed by atoms with Crippen molar-refractivity contribution in [1.29, 1.82) is 0 Å². The smallest absolute Gasteiger partial charge is 0.160 e. The molecule has 0 saturated carbocycles. The molecule has 1 aromatic heterocycles. The van der Waals surface area contributed by atoms with Gasteiger partial charge >= 0.3 is 0 Å². The normalized spacial score (nSPS) is 10.1. The summed E-state index contributed by atoms with van der Waals surface area (Å²) in [5, 5.41) is 3.27. The minimum Gasteiger partial charge on any atom is -0.493 e. The molecular weight excluding hydrogens is 254 g/mol. The fourth-order valence-corrected chi connectivity index (χ4v) is 1.93. The molecule has 5 heteroatoms. The van der Waals surface area contributed by atoms with E-state index in [0.717, 1.165) is 35.7 Å². The Morgan fingerprint density at radius 3 is 2.65 bits per heavy atom. The lowest BCUT2D eigenvalue weighted by molar-refractivity contribution is 0.354. The molecule has 2 aromatic rings. The number of methoxy groups -OCH3 is 2. The maximum absolute atomic E-state index is 5.84. The first-order chi connectivity index (χ1) is 9.74. The largest absolute Gasteiger partial charge is 0.493 e. The lowest BCUT2D eigenvalue weighted by atomic mass is 10.1. The molecule has 0 bridgehead atoms. The van der Waals surface area contributed by atoms with Crippen LogP contribution in [0.15, 0.2) is 36.7 Å². The van der Waals surface area contributed by atoms with Gasteiger partial charge in [-0.1, -0.05) is 6.07 Å². The molecule has 5 nitrogen and oxygen atoms in total. The molecular formula is C15H19N3O2. The van der Waals surface area contributed by atoms with Crippen LogP contribution in [0.1, 0.15) is 5.56 Å². The Balaban J connectivity index is 1.96. The third-order valence-corrected chi connectivity index (χ3v) is 3.03. The number of rotatable bonds is 6. The number of hydrogen-bond acceptors (Lipinski definition) is 5. The molecule has 1 aromatic carbocycles. The zero-order valence-electron chi connectivity index (χ0n) is 11.7. The lowest BCUT2D eigenvalue weighted by Gasteiger charge is -2.11. The monoisotopic (exact) mass is 273 g/mol. The van der Waals surface area contributed by atoms with Gasteiger partial charge < -0.3 is 20.5 Å². The molecule has 0 amide bonds.